The van der Waals surface area contributed by atoms with E-state index in [1.165, 1.54) is 0 Å². The van der Waals surface area contributed by atoms with Crippen molar-refractivity contribution in [2.45, 2.75) is 122 Å². The number of allylic oxidation sites excluding steroid dienone is 1. The first-order valence-electron chi connectivity index (χ1n) is 21.1. The number of aliphatic hydroxyl groups is 2. The molecular formula is C46H63N3O8. The molecular weight excluding hydrogens is 723 g/mol. The lowest BCUT2D eigenvalue weighted by molar-refractivity contribution is -0.257. The van der Waals surface area contributed by atoms with Gasteiger partial charge in [-0.3, -0.25) is 4.79 Å². The van der Waals surface area contributed by atoms with Crippen molar-refractivity contribution in [2.75, 3.05) is 26.4 Å². The van der Waals surface area contributed by atoms with Crippen LogP contribution in [0.4, 0.5) is 4.79 Å². The van der Waals surface area contributed by atoms with Gasteiger partial charge in [-0.2, -0.15) is 0 Å². The van der Waals surface area contributed by atoms with E-state index in [0.29, 0.717) is 43.9 Å². The lowest BCUT2D eigenvalue weighted by Crippen LogP contribution is -2.70. The second-order valence-corrected chi connectivity index (χ2v) is 17.0. The number of carbonyl (C=O) groups excluding carboxylic acids is 2. The van der Waals surface area contributed by atoms with Gasteiger partial charge in [0.25, 0.3) is 0 Å². The summed E-state index contributed by atoms with van der Waals surface area (Å²) in [5.74, 6) is -0.706. The van der Waals surface area contributed by atoms with Gasteiger partial charge < -0.3 is 39.5 Å². The summed E-state index contributed by atoms with van der Waals surface area (Å²) in [7, 11) is 0. The number of hydrogen-bond donors (Lipinski definition) is 3. The van der Waals surface area contributed by atoms with Crippen molar-refractivity contribution in [1.82, 2.24) is 10.2 Å². The molecule has 0 spiro atoms. The predicted octanol–water partition coefficient (Wildman–Crippen LogP) is 8.06. The third-order valence-corrected chi connectivity index (χ3v) is 11.6. The molecule has 2 aromatic carbocycles. The molecule has 1 heterocycles. The zero-order chi connectivity index (χ0) is 40.6. The Morgan fingerprint density at radius 2 is 1.79 bits per heavy atom. The van der Waals surface area contributed by atoms with Gasteiger partial charge in [-0.25, -0.2) is 4.79 Å². The van der Waals surface area contributed by atoms with E-state index in [0.717, 1.165) is 67.4 Å². The average molecular weight is 786 g/mol. The Hall–Kier alpha value is -4.19. The molecule has 310 valence electrons. The number of hydrogen-bond acceptors (Lipinski definition) is 9. The van der Waals surface area contributed by atoms with Gasteiger partial charge in [0.05, 0.1) is 18.2 Å². The van der Waals surface area contributed by atoms with Crippen molar-refractivity contribution in [3.8, 4) is 11.5 Å². The minimum Gasteiger partial charge on any atom is -0.459 e. The van der Waals surface area contributed by atoms with E-state index in [9.17, 15) is 19.8 Å². The Morgan fingerprint density at radius 1 is 1.05 bits per heavy atom. The molecule has 2 aromatic rings. The van der Waals surface area contributed by atoms with Gasteiger partial charge in [0.1, 0.15) is 23.1 Å². The fraction of sp³-hybridized carbons (Fsp3) is 0.587. The number of nitrogens with one attached hydrogen (secondary N) is 1. The number of benzene rings is 2. The fourth-order valence-corrected chi connectivity index (χ4v) is 9.04. The molecule has 57 heavy (non-hydrogen) atoms. The summed E-state index contributed by atoms with van der Waals surface area (Å²) in [5, 5.41) is 27.5. The molecule has 6 unspecified atom stereocenters. The highest BCUT2D eigenvalue weighted by Crippen LogP contribution is 2.62. The molecule has 4 aliphatic rings. The Labute approximate surface area is 338 Å². The van der Waals surface area contributed by atoms with Crippen LogP contribution in [0.1, 0.15) is 109 Å². The molecule has 0 saturated heterocycles. The van der Waals surface area contributed by atoms with Gasteiger partial charge in [-0.15, -0.1) is 6.58 Å². The van der Waals surface area contributed by atoms with Crippen molar-refractivity contribution in [2.24, 2.45) is 28.8 Å². The first-order valence-corrected chi connectivity index (χ1v) is 21.1. The molecule has 0 bridgehead atoms. The number of nitrogens with zero attached hydrogens (tertiary/aromatic N) is 2. The van der Waals surface area contributed by atoms with Gasteiger partial charge in [-0.1, -0.05) is 67.4 Å². The normalized spacial score (nSPS) is 25.7. The second-order valence-electron chi connectivity index (χ2n) is 17.0. The number of fused-ring (bicyclic) bond motifs is 2. The lowest BCUT2D eigenvalue weighted by Gasteiger charge is -2.60. The van der Waals surface area contributed by atoms with E-state index in [1.54, 1.807) is 12.1 Å². The molecule has 2 amide bonds. The molecule has 6 atom stereocenters. The largest absolute Gasteiger partial charge is 0.459 e. The topological polar surface area (TPSA) is 139 Å². The predicted molar refractivity (Wildman–Crippen MR) is 220 cm³/mol. The molecule has 1 aliphatic heterocycles. The van der Waals surface area contributed by atoms with E-state index in [2.05, 4.69) is 24.9 Å². The van der Waals surface area contributed by atoms with Gasteiger partial charge >= 0.3 is 6.09 Å². The number of oxime groups is 1. The highest BCUT2D eigenvalue weighted by atomic mass is 16.7. The molecule has 6 rings (SSSR count). The molecule has 11 nitrogen and oxygen atoms in total. The average Bonchev–Trinajstić information content (AvgIpc) is 4.05. The number of unbranched alkanes of at least 4 members (excludes halogenated alkanes) is 2. The molecule has 3 aliphatic carbocycles. The Bertz CT molecular complexity index is 1750. The quantitative estimate of drug-likeness (QED) is 0.0739. The summed E-state index contributed by atoms with van der Waals surface area (Å²) < 4.78 is 20.3. The molecule has 0 aromatic heterocycles. The second kappa shape index (κ2) is 19.0. The standard InChI is InChI=1S/C46H63N3O8/c1-6-23-49(43(52)32-19-20-32)40-29-38(48-57-45(3,4)5)36-27-33(17-11-13-24-50)35(18-12-14-25-51)41-37-28-34(55-44(53)47-30-31-15-9-8-10-16-31)21-22-39(37)56-46(40,42(36)41)54-26-7-2/h7-10,15-16,21-22,27-28,32-33,35,40-42,50-51H,2,6,11-14,17-20,23-26,29-30H2,1,3-5H3,(H,47,53). The van der Waals surface area contributed by atoms with Crippen molar-refractivity contribution in [3.63, 3.8) is 0 Å². The maximum absolute atomic E-state index is 14.3. The molecule has 11 heteroatoms. The number of ether oxygens (including phenoxy) is 3. The zero-order valence-electron chi connectivity index (χ0n) is 34.3. The first kappa shape index (κ1) is 42.4. The lowest BCUT2D eigenvalue weighted by atomic mass is 9.55. The van der Waals surface area contributed by atoms with Gasteiger partial charge in [-0.05, 0) is 107 Å². The number of carbonyl (C=O) groups is 2. The van der Waals surface area contributed by atoms with E-state index in [-0.39, 0.29) is 49.4 Å². The minimum atomic E-state index is -1.31. The summed E-state index contributed by atoms with van der Waals surface area (Å²) in [6.45, 7) is 13.3. The summed E-state index contributed by atoms with van der Waals surface area (Å²) in [6, 6.07) is 14.7. The summed E-state index contributed by atoms with van der Waals surface area (Å²) >= 11 is 0. The van der Waals surface area contributed by atoms with Crippen LogP contribution in [-0.4, -0.2) is 76.6 Å². The summed E-state index contributed by atoms with van der Waals surface area (Å²) in [4.78, 5) is 35.7. The minimum absolute atomic E-state index is 0.0240. The van der Waals surface area contributed by atoms with E-state index in [1.807, 2.05) is 68.1 Å². The zero-order valence-corrected chi connectivity index (χ0v) is 34.3. The molecule has 2 fully saturated rings. The van der Waals surface area contributed by atoms with Gasteiger partial charge in [0.15, 0.2) is 0 Å². The van der Waals surface area contributed by atoms with Crippen molar-refractivity contribution < 1.29 is 38.9 Å². The van der Waals surface area contributed by atoms with Gasteiger partial charge in [0, 0.05) is 50.1 Å². The van der Waals surface area contributed by atoms with Crippen LogP contribution in [0.2, 0.25) is 0 Å². The van der Waals surface area contributed by atoms with Crippen LogP contribution in [0.5, 0.6) is 11.5 Å². The van der Waals surface area contributed by atoms with Crippen LogP contribution in [0, 0.1) is 23.7 Å². The van der Waals surface area contributed by atoms with E-state index in [4.69, 9.17) is 24.2 Å². The molecule has 3 N–H and O–H groups in total. The van der Waals surface area contributed by atoms with Crippen LogP contribution in [0.25, 0.3) is 0 Å². The highest BCUT2D eigenvalue weighted by molar-refractivity contribution is 6.03. The SMILES string of the molecule is C=CCOC12Oc3ccc(OC(=O)NCc4ccccc4)cc3C3C(CCCCO)C(CCCCO)C=C(C(=NOC(C)(C)C)CC1N(CCC)C(=O)C1CC1)C32. The van der Waals surface area contributed by atoms with Crippen LogP contribution in [-0.2, 0) is 20.9 Å². The molecule has 2 saturated carbocycles. The molecule has 0 radical (unpaired) electrons. The highest BCUT2D eigenvalue weighted by Gasteiger charge is 2.65. The third kappa shape index (κ3) is 9.92. The number of amides is 2. The van der Waals surface area contributed by atoms with Crippen LogP contribution < -0.4 is 14.8 Å². The summed E-state index contributed by atoms with van der Waals surface area (Å²) in [5.41, 5.74) is 3.04. The van der Waals surface area contributed by atoms with E-state index < -0.39 is 29.4 Å². The number of rotatable bonds is 19. The van der Waals surface area contributed by atoms with Crippen LogP contribution in [0.15, 0.2) is 78.0 Å². The van der Waals surface area contributed by atoms with Crippen molar-refractivity contribution >= 4 is 17.7 Å². The Morgan fingerprint density at radius 3 is 2.46 bits per heavy atom. The van der Waals surface area contributed by atoms with E-state index >= 15 is 0 Å². The van der Waals surface area contributed by atoms with Crippen LogP contribution in [0.3, 0.4) is 0 Å². The maximum Gasteiger partial charge on any atom is 0.412 e. The third-order valence-electron chi connectivity index (χ3n) is 11.6. The number of aliphatic hydroxyl groups excluding tert-OH is 2. The Kier molecular flexibility index (Phi) is 14.2. The summed E-state index contributed by atoms with van der Waals surface area (Å²) in [6.07, 6.45) is 11.0. The van der Waals surface area contributed by atoms with Gasteiger partial charge in [0.2, 0.25) is 11.7 Å². The fourth-order valence-electron chi connectivity index (χ4n) is 9.04. The van der Waals surface area contributed by atoms with Crippen molar-refractivity contribution in [3.05, 3.63) is 84.0 Å². The Balaban J connectivity index is 1.52. The maximum atomic E-state index is 14.3. The first-order chi connectivity index (χ1) is 27.5. The van der Waals surface area contributed by atoms with Crippen LogP contribution >= 0.6 is 0 Å². The monoisotopic (exact) mass is 785 g/mol. The smallest absolute Gasteiger partial charge is 0.412 e. The van der Waals surface area contributed by atoms with Crippen molar-refractivity contribution in [1.29, 1.82) is 0 Å².